The van der Waals surface area contributed by atoms with Crippen LogP contribution in [0.25, 0.3) is 0 Å². The predicted molar refractivity (Wildman–Crippen MR) is 61.8 cm³/mol. The fourth-order valence-electron chi connectivity index (χ4n) is 2.12. The fraction of sp³-hybridized carbons (Fsp3) is 0.500. The molecular formula is C12H14ClF2NO. The first-order valence-corrected chi connectivity index (χ1v) is 5.95. The molecule has 1 atom stereocenters. The lowest BCUT2D eigenvalue weighted by Crippen LogP contribution is -2.27. The molecule has 0 bridgehead atoms. The third kappa shape index (κ3) is 2.76. The van der Waals surface area contributed by atoms with Gasteiger partial charge in [-0.25, -0.2) is 8.78 Å². The van der Waals surface area contributed by atoms with Gasteiger partial charge in [-0.1, -0.05) is 11.6 Å². The molecule has 0 aliphatic carbocycles. The van der Waals surface area contributed by atoms with Crippen molar-refractivity contribution in [3.63, 3.8) is 0 Å². The molecular weight excluding hydrogens is 248 g/mol. The molecule has 0 saturated carbocycles. The summed E-state index contributed by atoms with van der Waals surface area (Å²) in [6, 6.07) is 1.70. The first-order valence-electron chi connectivity index (χ1n) is 5.57. The maximum absolute atomic E-state index is 13.2. The molecule has 0 aromatic heterocycles. The van der Waals surface area contributed by atoms with Gasteiger partial charge in [0.2, 0.25) is 0 Å². The number of nitrogens with two attached hydrogens (primary N) is 1. The Labute approximate surface area is 104 Å². The number of benzene rings is 1. The van der Waals surface area contributed by atoms with Crippen molar-refractivity contribution in [2.24, 2.45) is 11.7 Å². The molecule has 2 rings (SSSR count). The lowest BCUT2D eigenvalue weighted by atomic mass is 9.88. The molecule has 1 aromatic rings. The van der Waals surface area contributed by atoms with Crippen molar-refractivity contribution in [2.75, 3.05) is 13.2 Å². The Balaban J connectivity index is 2.23. The highest BCUT2D eigenvalue weighted by Gasteiger charge is 2.25. The lowest BCUT2D eigenvalue weighted by molar-refractivity contribution is 0.0583. The average molecular weight is 262 g/mol. The summed E-state index contributed by atoms with van der Waals surface area (Å²) in [6.07, 6.45) is 1.63. The van der Waals surface area contributed by atoms with Crippen LogP contribution in [0.3, 0.4) is 0 Å². The predicted octanol–water partition coefficient (Wildman–Crippen LogP) is 3.04. The average Bonchev–Trinajstić information content (AvgIpc) is 2.34. The zero-order valence-corrected chi connectivity index (χ0v) is 10.0. The van der Waals surface area contributed by atoms with Crippen LogP contribution in [0.5, 0.6) is 0 Å². The van der Waals surface area contributed by atoms with Gasteiger partial charge < -0.3 is 10.5 Å². The van der Waals surface area contributed by atoms with E-state index in [1.54, 1.807) is 0 Å². The van der Waals surface area contributed by atoms with Crippen LogP contribution in [0.15, 0.2) is 12.1 Å². The molecule has 1 aromatic carbocycles. The van der Waals surface area contributed by atoms with Crippen LogP contribution in [-0.2, 0) is 4.74 Å². The maximum Gasteiger partial charge on any atom is 0.160 e. The Bertz CT molecular complexity index is 408. The second kappa shape index (κ2) is 5.29. The van der Waals surface area contributed by atoms with E-state index in [2.05, 4.69) is 0 Å². The summed E-state index contributed by atoms with van der Waals surface area (Å²) >= 11 is 5.90. The zero-order valence-electron chi connectivity index (χ0n) is 9.26. The van der Waals surface area contributed by atoms with Gasteiger partial charge in [0.15, 0.2) is 11.6 Å². The van der Waals surface area contributed by atoms with E-state index in [9.17, 15) is 8.78 Å². The number of hydrogen-bond donors (Lipinski definition) is 1. The van der Waals surface area contributed by atoms with E-state index in [0.717, 1.165) is 25.0 Å². The monoisotopic (exact) mass is 261 g/mol. The largest absolute Gasteiger partial charge is 0.381 e. The molecule has 2 N–H and O–H groups in total. The second-order valence-electron chi connectivity index (χ2n) is 4.26. The van der Waals surface area contributed by atoms with Gasteiger partial charge in [0, 0.05) is 24.3 Å². The molecule has 1 heterocycles. The van der Waals surface area contributed by atoms with E-state index >= 15 is 0 Å². The Kier molecular flexibility index (Phi) is 3.97. The minimum Gasteiger partial charge on any atom is -0.381 e. The third-order valence-electron chi connectivity index (χ3n) is 3.17. The van der Waals surface area contributed by atoms with Gasteiger partial charge in [-0.3, -0.25) is 0 Å². The Hall–Kier alpha value is -0.710. The highest BCUT2D eigenvalue weighted by Crippen LogP contribution is 2.33. The molecule has 1 aliphatic heterocycles. The van der Waals surface area contributed by atoms with Crippen molar-refractivity contribution >= 4 is 11.6 Å². The molecule has 17 heavy (non-hydrogen) atoms. The SMILES string of the molecule is NC(c1cc(F)c(F)cc1Cl)C1CCOCC1. The topological polar surface area (TPSA) is 35.2 Å². The van der Waals surface area contributed by atoms with Crippen LogP contribution in [0.2, 0.25) is 5.02 Å². The summed E-state index contributed by atoms with van der Waals surface area (Å²) in [7, 11) is 0. The van der Waals surface area contributed by atoms with Crippen LogP contribution in [0.1, 0.15) is 24.4 Å². The van der Waals surface area contributed by atoms with E-state index < -0.39 is 11.6 Å². The smallest absolute Gasteiger partial charge is 0.160 e. The molecule has 1 aliphatic rings. The molecule has 0 spiro atoms. The van der Waals surface area contributed by atoms with E-state index in [-0.39, 0.29) is 17.0 Å². The summed E-state index contributed by atoms with van der Waals surface area (Å²) in [4.78, 5) is 0. The van der Waals surface area contributed by atoms with Crippen molar-refractivity contribution in [3.8, 4) is 0 Å². The van der Waals surface area contributed by atoms with Gasteiger partial charge in [0.1, 0.15) is 0 Å². The van der Waals surface area contributed by atoms with Crippen LogP contribution < -0.4 is 5.73 Å². The van der Waals surface area contributed by atoms with E-state index in [1.165, 1.54) is 0 Å². The fourth-order valence-corrected chi connectivity index (χ4v) is 2.40. The first kappa shape index (κ1) is 12.7. The van der Waals surface area contributed by atoms with Crippen LogP contribution in [-0.4, -0.2) is 13.2 Å². The van der Waals surface area contributed by atoms with Gasteiger partial charge in [-0.2, -0.15) is 0 Å². The number of rotatable bonds is 2. The van der Waals surface area contributed by atoms with Gasteiger partial charge in [0.05, 0.1) is 0 Å². The van der Waals surface area contributed by atoms with Crippen LogP contribution >= 0.6 is 11.6 Å². The van der Waals surface area contributed by atoms with Crippen LogP contribution in [0, 0.1) is 17.6 Å². The number of ether oxygens (including phenoxy) is 1. The highest BCUT2D eigenvalue weighted by atomic mass is 35.5. The van der Waals surface area contributed by atoms with E-state index in [4.69, 9.17) is 22.1 Å². The molecule has 1 unspecified atom stereocenters. The number of halogens is 3. The van der Waals surface area contributed by atoms with Crippen molar-refractivity contribution in [1.82, 2.24) is 0 Å². The Morgan fingerprint density at radius 1 is 1.24 bits per heavy atom. The minimum absolute atomic E-state index is 0.183. The minimum atomic E-state index is -0.946. The summed E-state index contributed by atoms with van der Waals surface area (Å²) in [5.41, 5.74) is 6.53. The molecule has 5 heteroatoms. The van der Waals surface area contributed by atoms with Crippen LogP contribution in [0.4, 0.5) is 8.78 Å². The Morgan fingerprint density at radius 2 is 1.82 bits per heavy atom. The maximum atomic E-state index is 13.2. The molecule has 0 radical (unpaired) electrons. The third-order valence-corrected chi connectivity index (χ3v) is 3.50. The second-order valence-corrected chi connectivity index (χ2v) is 4.67. The summed E-state index contributed by atoms with van der Waals surface area (Å²) in [5, 5.41) is 0.183. The van der Waals surface area contributed by atoms with E-state index in [1.807, 2.05) is 0 Å². The molecule has 0 amide bonds. The van der Waals surface area contributed by atoms with Crippen molar-refractivity contribution in [2.45, 2.75) is 18.9 Å². The molecule has 94 valence electrons. The zero-order chi connectivity index (χ0) is 12.4. The van der Waals surface area contributed by atoms with Crippen molar-refractivity contribution < 1.29 is 13.5 Å². The summed E-state index contributed by atoms with van der Waals surface area (Å²) in [5.74, 6) is -1.66. The van der Waals surface area contributed by atoms with Gasteiger partial charge in [0.25, 0.3) is 0 Å². The summed E-state index contributed by atoms with van der Waals surface area (Å²) < 4.78 is 31.4. The molecule has 1 saturated heterocycles. The van der Waals surface area contributed by atoms with Gasteiger partial charge in [-0.15, -0.1) is 0 Å². The highest BCUT2D eigenvalue weighted by molar-refractivity contribution is 6.31. The van der Waals surface area contributed by atoms with Gasteiger partial charge in [-0.05, 0) is 36.5 Å². The molecule has 1 fully saturated rings. The standard InChI is InChI=1S/C12H14ClF2NO/c13-9-6-11(15)10(14)5-8(9)12(16)7-1-3-17-4-2-7/h5-7,12H,1-4,16H2. The number of hydrogen-bond acceptors (Lipinski definition) is 2. The van der Waals surface area contributed by atoms with Crippen molar-refractivity contribution in [3.05, 3.63) is 34.4 Å². The normalized spacial score (nSPS) is 19.3. The quantitative estimate of drug-likeness (QED) is 0.831. The lowest BCUT2D eigenvalue weighted by Gasteiger charge is -2.28. The van der Waals surface area contributed by atoms with Gasteiger partial charge >= 0.3 is 0 Å². The summed E-state index contributed by atoms with van der Waals surface area (Å²) in [6.45, 7) is 1.30. The molecule has 2 nitrogen and oxygen atoms in total. The van der Waals surface area contributed by atoms with E-state index in [0.29, 0.717) is 18.8 Å². The Morgan fingerprint density at radius 3 is 2.47 bits per heavy atom. The van der Waals surface area contributed by atoms with Crippen molar-refractivity contribution in [1.29, 1.82) is 0 Å². The first-order chi connectivity index (χ1) is 8.09.